The molecule has 6 heteroatoms. The fourth-order valence-electron chi connectivity index (χ4n) is 3.41. The lowest BCUT2D eigenvalue weighted by atomic mass is 9.95. The smallest absolute Gasteiger partial charge is 0.101 e. The first-order chi connectivity index (χ1) is 13.0. The number of aliphatic hydroxyl groups excluding tert-OH is 1. The van der Waals surface area contributed by atoms with Crippen LogP contribution in [-0.2, 0) is 6.42 Å². The summed E-state index contributed by atoms with van der Waals surface area (Å²) >= 11 is 6.38. The Bertz CT molecular complexity index is 874. The maximum absolute atomic E-state index is 10.4. The number of hydrogen-bond donors (Lipinski definition) is 3. The monoisotopic (exact) mass is 382 g/mol. The van der Waals surface area contributed by atoms with Gasteiger partial charge < -0.3 is 15.8 Å². The number of rotatable bonds is 6. The van der Waals surface area contributed by atoms with Crippen LogP contribution in [0.2, 0.25) is 5.02 Å². The van der Waals surface area contributed by atoms with Crippen LogP contribution in [0.1, 0.15) is 37.0 Å². The van der Waals surface area contributed by atoms with Crippen molar-refractivity contribution < 1.29 is 5.11 Å². The summed E-state index contributed by atoms with van der Waals surface area (Å²) in [5.41, 5.74) is 7.39. The highest BCUT2D eigenvalue weighted by Crippen LogP contribution is 2.30. The Morgan fingerprint density at radius 3 is 2.70 bits per heavy atom. The molecule has 1 aliphatic heterocycles. The summed E-state index contributed by atoms with van der Waals surface area (Å²) in [6.45, 7) is 3.76. The molecule has 0 saturated carbocycles. The highest BCUT2D eigenvalue weighted by molar-refractivity contribution is 6.33. The van der Waals surface area contributed by atoms with E-state index in [4.69, 9.17) is 11.6 Å². The first-order valence-electron chi connectivity index (χ1n) is 9.08. The highest BCUT2D eigenvalue weighted by Gasteiger charge is 2.31. The maximum atomic E-state index is 10.4. The molecular formula is C21H23ClN4O. The van der Waals surface area contributed by atoms with E-state index in [0.717, 1.165) is 22.5 Å². The number of hydrazone groups is 1. The summed E-state index contributed by atoms with van der Waals surface area (Å²) in [6, 6.07) is 15.4. The van der Waals surface area contributed by atoms with Crippen LogP contribution in [0.4, 0.5) is 5.69 Å². The second-order valence-electron chi connectivity index (χ2n) is 6.69. The summed E-state index contributed by atoms with van der Waals surface area (Å²) in [6.07, 6.45) is 0.789. The van der Waals surface area contributed by atoms with Gasteiger partial charge in [0.05, 0.1) is 34.5 Å². The molecular weight excluding hydrogens is 360 g/mol. The number of nitrogens with zero attached hydrogens (tertiary/aromatic N) is 2. The predicted molar refractivity (Wildman–Crippen MR) is 109 cm³/mol. The summed E-state index contributed by atoms with van der Waals surface area (Å²) in [4.78, 5) is 0. The second-order valence-corrected chi connectivity index (χ2v) is 7.07. The van der Waals surface area contributed by atoms with Gasteiger partial charge >= 0.3 is 0 Å². The molecule has 1 aliphatic rings. The molecule has 0 spiro atoms. The van der Waals surface area contributed by atoms with Crippen molar-refractivity contribution in [1.29, 1.82) is 5.26 Å². The molecule has 140 valence electrons. The topological polar surface area (TPSA) is 80.4 Å². The van der Waals surface area contributed by atoms with Gasteiger partial charge in [0, 0.05) is 12.1 Å². The zero-order chi connectivity index (χ0) is 19.4. The average Bonchev–Trinajstić information content (AvgIpc) is 3.16. The van der Waals surface area contributed by atoms with E-state index in [-0.39, 0.29) is 12.1 Å². The van der Waals surface area contributed by atoms with E-state index in [1.165, 1.54) is 0 Å². The zero-order valence-electron chi connectivity index (χ0n) is 15.4. The van der Waals surface area contributed by atoms with Crippen molar-refractivity contribution in [3.8, 4) is 6.07 Å². The van der Waals surface area contributed by atoms with Gasteiger partial charge in [0.2, 0.25) is 0 Å². The van der Waals surface area contributed by atoms with Crippen molar-refractivity contribution in [1.82, 2.24) is 5.43 Å². The molecule has 0 aliphatic carbocycles. The molecule has 5 nitrogen and oxygen atoms in total. The van der Waals surface area contributed by atoms with Crippen molar-refractivity contribution in [3.05, 3.63) is 64.2 Å². The molecule has 0 bridgehead atoms. The Labute approximate surface area is 164 Å². The van der Waals surface area contributed by atoms with Gasteiger partial charge in [-0.2, -0.15) is 10.4 Å². The van der Waals surface area contributed by atoms with Gasteiger partial charge in [-0.05, 0) is 36.6 Å². The van der Waals surface area contributed by atoms with Crippen molar-refractivity contribution in [3.63, 3.8) is 0 Å². The van der Waals surface area contributed by atoms with Crippen molar-refractivity contribution in [2.75, 3.05) is 5.32 Å². The molecule has 0 aromatic heterocycles. The van der Waals surface area contributed by atoms with Gasteiger partial charge in [-0.3, -0.25) is 0 Å². The Hall–Kier alpha value is -2.55. The molecule has 3 N–H and O–H groups in total. The number of nitriles is 1. The van der Waals surface area contributed by atoms with Crippen molar-refractivity contribution in [2.45, 2.75) is 44.9 Å². The van der Waals surface area contributed by atoms with E-state index in [0.29, 0.717) is 23.4 Å². The second kappa shape index (κ2) is 8.43. The molecule has 3 rings (SSSR count). The summed E-state index contributed by atoms with van der Waals surface area (Å²) in [5, 5.41) is 27.9. The molecule has 1 unspecified atom stereocenters. The van der Waals surface area contributed by atoms with E-state index >= 15 is 0 Å². The molecule has 0 amide bonds. The molecule has 27 heavy (non-hydrogen) atoms. The average molecular weight is 383 g/mol. The molecule has 0 saturated heterocycles. The quantitative estimate of drug-likeness (QED) is 0.711. The number of anilines is 1. The lowest BCUT2D eigenvalue weighted by Gasteiger charge is -2.29. The number of nitrogens with one attached hydrogen (secondary N) is 2. The number of halogens is 1. The highest BCUT2D eigenvalue weighted by atomic mass is 35.5. The summed E-state index contributed by atoms with van der Waals surface area (Å²) in [7, 11) is 0. The van der Waals surface area contributed by atoms with Crippen LogP contribution in [0.25, 0.3) is 0 Å². The molecule has 2 aromatic rings. The van der Waals surface area contributed by atoms with Crippen LogP contribution >= 0.6 is 11.6 Å². The lowest BCUT2D eigenvalue weighted by Crippen LogP contribution is -2.47. The predicted octanol–water partition coefficient (Wildman–Crippen LogP) is 3.70. The van der Waals surface area contributed by atoms with Crippen molar-refractivity contribution in [2.24, 2.45) is 5.10 Å². The fraction of sp³-hybridized carbons (Fsp3) is 0.333. The van der Waals surface area contributed by atoms with Crippen LogP contribution in [0.3, 0.4) is 0 Å². The summed E-state index contributed by atoms with van der Waals surface area (Å²) in [5.74, 6) is 0. The van der Waals surface area contributed by atoms with E-state index in [1.54, 1.807) is 13.0 Å². The van der Waals surface area contributed by atoms with E-state index in [9.17, 15) is 10.4 Å². The minimum absolute atomic E-state index is 0.0562. The molecule has 0 radical (unpaired) electrons. The molecule has 3 atom stereocenters. The van der Waals surface area contributed by atoms with Crippen molar-refractivity contribution >= 4 is 23.0 Å². The van der Waals surface area contributed by atoms with Crippen LogP contribution < -0.4 is 10.7 Å². The first-order valence-corrected chi connectivity index (χ1v) is 9.46. The Morgan fingerprint density at radius 1 is 1.33 bits per heavy atom. The zero-order valence-corrected chi connectivity index (χ0v) is 16.2. The van der Waals surface area contributed by atoms with Gasteiger partial charge in [-0.25, -0.2) is 0 Å². The third kappa shape index (κ3) is 4.08. The number of benzene rings is 2. The minimum atomic E-state index is -0.605. The molecule has 0 fully saturated rings. The maximum Gasteiger partial charge on any atom is 0.101 e. The van der Waals surface area contributed by atoms with E-state index in [2.05, 4.69) is 21.9 Å². The van der Waals surface area contributed by atoms with Gasteiger partial charge in [0.1, 0.15) is 6.07 Å². The third-order valence-electron chi connectivity index (χ3n) is 4.88. The van der Waals surface area contributed by atoms with Crippen LogP contribution in [0.15, 0.2) is 47.6 Å². The SMILES string of the molecule is CCc1c(N[C@@H](C2CC(c3ccccc3)=NN2)[C@H](C)O)ccc(C#N)c1Cl. The first kappa shape index (κ1) is 19.2. The van der Waals surface area contributed by atoms with Gasteiger partial charge in [0.15, 0.2) is 0 Å². The Kier molecular flexibility index (Phi) is 6.00. The number of aliphatic hydroxyl groups is 1. The third-order valence-corrected chi connectivity index (χ3v) is 5.31. The molecule has 2 aromatic carbocycles. The molecule has 1 heterocycles. The van der Waals surface area contributed by atoms with Crippen LogP contribution in [-0.4, -0.2) is 29.0 Å². The Balaban J connectivity index is 1.81. The lowest BCUT2D eigenvalue weighted by molar-refractivity contribution is 0.155. The van der Waals surface area contributed by atoms with E-state index < -0.39 is 6.10 Å². The van der Waals surface area contributed by atoms with Gasteiger partial charge in [-0.15, -0.1) is 0 Å². The normalized spacial score (nSPS) is 18.2. The fourth-order valence-corrected chi connectivity index (χ4v) is 3.75. The summed E-state index contributed by atoms with van der Waals surface area (Å²) < 4.78 is 0. The van der Waals surface area contributed by atoms with Crippen LogP contribution in [0, 0.1) is 11.3 Å². The van der Waals surface area contributed by atoms with Crippen LogP contribution in [0.5, 0.6) is 0 Å². The largest absolute Gasteiger partial charge is 0.391 e. The minimum Gasteiger partial charge on any atom is -0.391 e. The van der Waals surface area contributed by atoms with Gasteiger partial charge in [-0.1, -0.05) is 48.9 Å². The standard InChI is InChI=1S/C21H23ClN4O/c1-3-16-17(10-9-15(12-23)20(16)22)24-21(13(2)27)19-11-18(25-26-19)14-7-5-4-6-8-14/h4-10,13,19,21,24,26-27H,3,11H2,1-2H3/t13-,19?,21+/m0/s1. The Morgan fingerprint density at radius 2 is 2.07 bits per heavy atom. The number of hydrogen-bond acceptors (Lipinski definition) is 5. The van der Waals surface area contributed by atoms with E-state index in [1.807, 2.05) is 43.3 Å². The van der Waals surface area contributed by atoms with Gasteiger partial charge in [0.25, 0.3) is 0 Å².